The van der Waals surface area contributed by atoms with Crippen LogP contribution >= 0.6 is 39.3 Å². The summed E-state index contributed by atoms with van der Waals surface area (Å²) in [7, 11) is -1.29. The van der Waals surface area contributed by atoms with Crippen LogP contribution in [0.3, 0.4) is 0 Å². The summed E-state index contributed by atoms with van der Waals surface area (Å²) in [5.41, 5.74) is 0. The molecule has 0 amide bonds. The van der Waals surface area contributed by atoms with Gasteiger partial charge in [0.05, 0.1) is 0 Å². The Bertz CT molecular complexity index is 69.7. The predicted molar refractivity (Wildman–Crippen MR) is 33.7 cm³/mol. The number of hydrogen-bond donors (Lipinski definition) is 0. The number of carbonyl (C=O) groups excluding carboxylic acids is 1. The minimum atomic E-state index is -1.29. The fraction of sp³-hybridized carbons (Fsp3) is 0. The van der Waals surface area contributed by atoms with Crippen molar-refractivity contribution >= 4 is 43.8 Å². The van der Waals surface area contributed by atoms with Gasteiger partial charge in [0.25, 0.3) is 0 Å². The molecule has 4 heteroatoms. The van der Waals surface area contributed by atoms with Crippen molar-refractivity contribution in [2.75, 3.05) is 0 Å². The zero-order valence-electron chi connectivity index (χ0n) is 2.02. The van der Waals surface area contributed by atoms with E-state index in [1.807, 2.05) is 4.43 Å². The van der Waals surface area contributed by atoms with E-state index in [0.29, 0.717) is 0 Å². The summed E-state index contributed by atoms with van der Waals surface area (Å²) in [6.07, 6.45) is 0. The molecule has 0 aliphatic carbocycles. The van der Waals surface area contributed by atoms with Crippen molar-refractivity contribution in [3.8, 4) is 0 Å². The van der Waals surface area contributed by atoms with Crippen LogP contribution in [0.2, 0.25) is 0 Å². The molecule has 0 unspecified atom stereocenters. The fourth-order valence-corrected chi connectivity index (χ4v) is 0. The summed E-state index contributed by atoms with van der Waals surface area (Å²) >= 11 is 4.29. The Kier molecular flexibility index (Phi) is 5.14. The van der Waals surface area contributed by atoms with Crippen molar-refractivity contribution in [1.29, 1.82) is 0 Å². The second kappa shape index (κ2) is 3.85. The summed E-state index contributed by atoms with van der Waals surface area (Å²) in [6, 6.07) is 0. The van der Waals surface area contributed by atoms with Crippen LogP contribution in [0.5, 0.6) is 0 Å². The third kappa shape index (κ3) is 5.68. The number of halogens is 2. The van der Waals surface area contributed by atoms with Crippen LogP contribution in [0.4, 0.5) is 0 Å². The third-order valence-electron chi connectivity index (χ3n) is 0.0546. The summed E-state index contributed by atoms with van der Waals surface area (Å²) in [5.74, 6) is 0. The fourth-order valence-electron chi connectivity index (χ4n) is 0. The summed E-state index contributed by atoms with van der Waals surface area (Å²) in [6.45, 7) is 0. The van der Waals surface area contributed by atoms with Crippen LogP contribution in [0.1, 0.15) is 0 Å². The first-order valence-corrected chi connectivity index (χ1v) is 16.3. The number of rotatable bonds is 0. The van der Waals surface area contributed by atoms with E-state index in [0.717, 1.165) is 0 Å². The van der Waals surface area contributed by atoms with Gasteiger partial charge in [0.15, 0.2) is 0 Å². The molecular formula is CI2OOs. The van der Waals surface area contributed by atoms with Gasteiger partial charge in [-0.15, -0.1) is 0 Å². The standard InChI is InChI=1S/CO.2HI.Os/c1-2;;;/h;2*1H;/q;;;+2/p-2. The Morgan fingerprint density at radius 2 is 1.80 bits per heavy atom. The third-order valence-corrected chi connectivity index (χ3v) is 3.00. The minimum absolute atomic E-state index is 1.29. The van der Waals surface area contributed by atoms with Gasteiger partial charge in [-0.25, -0.2) is 0 Å². The van der Waals surface area contributed by atoms with Gasteiger partial charge in [-0.1, -0.05) is 0 Å². The molecule has 1 nitrogen and oxygen atoms in total. The zero-order chi connectivity index (χ0) is 4.28. The van der Waals surface area contributed by atoms with Crippen molar-refractivity contribution in [3.63, 3.8) is 0 Å². The zero-order valence-corrected chi connectivity index (χ0v) is 8.87. The Balaban J connectivity index is 3.60. The first-order chi connectivity index (χ1) is 2.27. The molecule has 0 aliphatic rings. The molecule has 32 valence electrons. The first-order valence-electron chi connectivity index (χ1n) is 0.648. The van der Waals surface area contributed by atoms with Gasteiger partial charge in [0.2, 0.25) is 0 Å². The van der Waals surface area contributed by atoms with Crippen molar-refractivity contribution in [1.82, 2.24) is 0 Å². The molecular weight excluding hydrogens is 472 g/mol. The predicted octanol–water partition coefficient (Wildman–Crippen LogP) is 1.37. The Morgan fingerprint density at radius 1 is 1.60 bits per heavy atom. The SMILES string of the molecule is O=[C]=[Os]([I])[I]. The topological polar surface area (TPSA) is 17.1 Å². The van der Waals surface area contributed by atoms with Crippen LogP contribution in [-0.4, -0.2) is 4.43 Å². The van der Waals surface area contributed by atoms with Crippen LogP contribution in [0.25, 0.3) is 0 Å². The molecule has 0 N–H and O–H groups in total. The van der Waals surface area contributed by atoms with Gasteiger partial charge in [-0.05, 0) is 0 Å². The molecule has 0 atom stereocenters. The normalized spacial score (nSPS) is 9.60. The van der Waals surface area contributed by atoms with E-state index >= 15 is 0 Å². The van der Waals surface area contributed by atoms with Crippen LogP contribution in [-0.2, 0) is 13.5 Å². The summed E-state index contributed by atoms with van der Waals surface area (Å²) in [4.78, 5) is 9.44. The molecule has 0 aromatic carbocycles. The van der Waals surface area contributed by atoms with Gasteiger partial charge in [-0.2, -0.15) is 0 Å². The molecule has 0 saturated heterocycles. The van der Waals surface area contributed by atoms with Crippen molar-refractivity contribution < 1.29 is 13.5 Å². The van der Waals surface area contributed by atoms with E-state index in [2.05, 4.69) is 39.3 Å². The molecule has 0 heterocycles. The van der Waals surface area contributed by atoms with Gasteiger partial charge < -0.3 is 0 Å². The molecule has 0 saturated carbocycles. The number of hydrogen-bond acceptors (Lipinski definition) is 1. The molecule has 5 heavy (non-hydrogen) atoms. The molecule has 0 radical (unpaired) electrons. The van der Waals surface area contributed by atoms with Gasteiger partial charge >= 0.3 is 57.2 Å². The molecule has 0 aromatic rings. The van der Waals surface area contributed by atoms with Crippen LogP contribution in [0, 0.1) is 0 Å². The van der Waals surface area contributed by atoms with Crippen LogP contribution < -0.4 is 0 Å². The Morgan fingerprint density at radius 3 is 1.80 bits per heavy atom. The first kappa shape index (κ1) is 6.68. The Hall–Kier alpha value is 1.68. The Labute approximate surface area is 56.3 Å². The average Bonchev–Trinajstić information content (AvgIpc) is 1.38. The quantitative estimate of drug-likeness (QED) is 0.488. The van der Waals surface area contributed by atoms with Crippen molar-refractivity contribution in [2.45, 2.75) is 0 Å². The maximum absolute atomic E-state index is 9.44. The monoisotopic (exact) mass is 474 g/mol. The van der Waals surface area contributed by atoms with Gasteiger partial charge in [-0.3, -0.25) is 0 Å². The summed E-state index contributed by atoms with van der Waals surface area (Å²) in [5, 5.41) is 0. The maximum atomic E-state index is 9.44. The molecule has 0 fully saturated rings. The van der Waals surface area contributed by atoms with Gasteiger partial charge in [0, 0.05) is 0 Å². The molecule has 0 spiro atoms. The molecule has 0 rings (SSSR count). The van der Waals surface area contributed by atoms with E-state index in [9.17, 15) is 4.79 Å². The van der Waals surface area contributed by atoms with E-state index in [1.165, 1.54) is 0 Å². The van der Waals surface area contributed by atoms with Crippen molar-refractivity contribution in [3.05, 3.63) is 0 Å². The van der Waals surface area contributed by atoms with E-state index in [-0.39, 0.29) is 0 Å². The van der Waals surface area contributed by atoms with E-state index < -0.39 is 8.67 Å². The van der Waals surface area contributed by atoms with E-state index in [4.69, 9.17) is 0 Å². The molecule has 0 bridgehead atoms. The molecule has 0 aromatic heterocycles. The second-order valence-electron chi connectivity index (χ2n) is 0.256. The van der Waals surface area contributed by atoms with E-state index in [1.54, 1.807) is 0 Å². The molecule has 0 aliphatic heterocycles. The van der Waals surface area contributed by atoms with Crippen molar-refractivity contribution in [2.24, 2.45) is 0 Å². The second-order valence-corrected chi connectivity index (χ2v) is 26.5. The van der Waals surface area contributed by atoms with Gasteiger partial charge in [0.1, 0.15) is 0 Å². The summed E-state index contributed by atoms with van der Waals surface area (Å²) < 4.78 is 1.93. The average molecular weight is 472 g/mol. The van der Waals surface area contributed by atoms with Crippen LogP contribution in [0.15, 0.2) is 0 Å².